The standard InChI is InChI=1S/C23H23FN4O/c1-29-17-10-15(9-16(24)11-17)18-3-2-4-20-19(18)12-22(26-20)23-13-21(27-28-23)14-5-7-25-8-6-14/h2-4,9-14,25-26H,5-8H2,1H3,(H,27,28). The van der Waals surface area contributed by atoms with Crippen LogP contribution in [0.25, 0.3) is 33.4 Å². The highest BCUT2D eigenvalue weighted by Crippen LogP contribution is 2.34. The Bertz CT molecular complexity index is 1160. The lowest BCUT2D eigenvalue weighted by Crippen LogP contribution is -2.26. The Kier molecular flexibility index (Phi) is 4.56. The monoisotopic (exact) mass is 390 g/mol. The Morgan fingerprint density at radius 3 is 2.76 bits per heavy atom. The molecule has 2 aromatic carbocycles. The van der Waals surface area contributed by atoms with E-state index >= 15 is 0 Å². The first-order chi connectivity index (χ1) is 14.2. The molecule has 0 spiro atoms. The maximum absolute atomic E-state index is 14.0. The summed E-state index contributed by atoms with van der Waals surface area (Å²) < 4.78 is 19.3. The number of hydrogen-bond acceptors (Lipinski definition) is 3. The second kappa shape index (κ2) is 7.37. The molecule has 4 aromatic rings. The van der Waals surface area contributed by atoms with Crippen molar-refractivity contribution in [2.75, 3.05) is 20.2 Å². The number of aromatic nitrogens is 3. The first-order valence-electron chi connectivity index (χ1n) is 9.94. The predicted octanol–water partition coefficient (Wildman–Crippen LogP) is 4.84. The van der Waals surface area contributed by atoms with E-state index in [0.29, 0.717) is 11.7 Å². The van der Waals surface area contributed by atoms with Gasteiger partial charge in [0.15, 0.2) is 0 Å². The predicted molar refractivity (Wildman–Crippen MR) is 113 cm³/mol. The zero-order valence-electron chi connectivity index (χ0n) is 16.3. The van der Waals surface area contributed by atoms with Crippen molar-refractivity contribution in [2.45, 2.75) is 18.8 Å². The van der Waals surface area contributed by atoms with Crippen LogP contribution in [0.3, 0.4) is 0 Å². The highest BCUT2D eigenvalue weighted by molar-refractivity contribution is 5.98. The van der Waals surface area contributed by atoms with Crippen molar-refractivity contribution in [2.24, 2.45) is 0 Å². The third-order valence-corrected chi connectivity index (χ3v) is 5.73. The van der Waals surface area contributed by atoms with Crippen molar-refractivity contribution in [1.82, 2.24) is 20.5 Å². The van der Waals surface area contributed by atoms with E-state index in [1.807, 2.05) is 24.3 Å². The number of methoxy groups -OCH3 is 1. The summed E-state index contributed by atoms with van der Waals surface area (Å²) in [7, 11) is 1.55. The Morgan fingerprint density at radius 1 is 1.07 bits per heavy atom. The SMILES string of the molecule is COc1cc(F)cc(-c2cccc3[nH]c(-c4cc(C5CCNCC5)[nH]n4)cc23)c1. The Morgan fingerprint density at radius 2 is 1.93 bits per heavy atom. The van der Waals surface area contributed by atoms with Crippen LogP contribution < -0.4 is 10.1 Å². The van der Waals surface area contributed by atoms with Crippen LogP contribution in [-0.2, 0) is 0 Å². The van der Waals surface area contributed by atoms with E-state index in [9.17, 15) is 4.39 Å². The molecule has 3 heterocycles. The number of halogens is 1. The molecule has 0 atom stereocenters. The number of ether oxygens (including phenoxy) is 1. The van der Waals surface area contributed by atoms with E-state index in [-0.39, 0.29) is 5.82 Å². The van der Waals surface area contributed by atoms with Gasteiger partial charge < -0.3 is 15.0 Å². The lowest BCUT2D eigenvalue weighted by Gasteiger charge is -2.20. The third-order valence-electron chi connectivity index (χ3n) is 5.73. The fraction of sp³-hybridized carbons (Fsp3) is 0.261. The zero-order valence-corrected chi connectivity index (χ0v) is 16.3. The molecule has 29 heavy (non-hydrogen) atoms. The molecule has 2 aromatic heterocycles. The number of fused-ring (bicyclic) bond motifs is 1. The summed E-state index contributed by atoms with van der Waals surface area (Å²) in [4.78, 5) is 3.46. The van der Waals surface area contributed by atoms with Gasteiger partial charge in [-0.05, 0) is 67.4 Å². The molecule has 3 N–H and O–H groups in total. The highest BCUT2D eigenvalue weighted by Gasteiger charge is 2.19. The molecular weight excluding hydrogens is 367 g/mol. The first-order valence-corrected chi connectivity index (χ1v) is 9.94. The number of H-pyrrole nitrogens is 2. The summed E-state index contributed by atoms with van der Waals surface area (Å²) >= 11 is 0. The molecule has 0 unspecified atom stereocenters. The minimum atomic E-state index is -0.314. The Hall–Kier alpha value is -3.12. The molecule has 6 heteroatoms. The zero-order chi connectivity index (χ0) is 19.8. The molecule has 0 aliphatic carbocycles. The average Bonchev–Trinajstić information content (AvgIpc) is 3.40. The normalized spacial score (nSPS) is 15.1. The molecule has 0 saturated carbocycles. The third kappa shape index (κ3) is 3.40. The molecule has 1 saturated heterocycles. The van der Waals surface area contributed by atoms with Gasteiger partial charge in [-0.15, -0.1) is 0 Å². The maximum Gasteiger partial charge on any atom is 0.127 e. The van der Waals surface area contributed by atoms with E-state index in [2.05, 4.69) is 32.6 Å². The summed E-state index contributed by atoms with van der Waals surface area (Å²) in [5.41, 5.74) is 5.78. The molecule has 1 fully saturated rings. The summed E-state index contributed by atoms with van der Waals surface area (Å²) in [6.07, 6.45) is 2.25. The quantitative estimate of drug-likeness (QED) is 0.467. The van der Waals surface area contributed by atoms with Gasteiger partial charge in [0.1, 0.15) is 17.3 Å². The second-order valence-corrected chi connectivity index (χ2v) is 7.56. The molecular formula is C23H23FN4O. The van der Waals surface area contributed by atoms with Crippen molar-refractivity contribution in [3.05, 3.63) is 60.0 Å². The molecule has 0 amide bonds. The van der Waals surface area contributed by atoms with E-state index < -0.39 is 0 Å². The van der Waals surface area contributed by atoms with Crippen molar-refractivity contribution < 1.29 is 9.13 Å². The number of hydrogen-bond donors (Lipinski definition) is 3. The summed E-state index contributed by atoms with van der Waals surface area (Å²) in [5.74, 6) is 0.718. The van der Waals surface area contributed by atoms with Gasteiger partial charge in [-0.2, -0.15) is 5.10 Å². The topological polar surface area (TPSA) is 65.7 Å². The second-order valence-electron chi connectivity index (χ2n) is 7.56. The Balaban J connectivity index is 1.54. The van der Waals surface area contributed by atoms with Gasteiger partial charge in [-0.25, -0.2) is 4.39 Å². The van der Waals surface area contributed by atoms with Crippen molar-refractivity contribution >= 4 is 10.9 Å². The van der Waals surface area contributed by atoms with Crippen molar-refractivity contribution in [1.29, 1.82) is 0 Å². The molecule has 5 rings (SSSR count). The van der Waals surface area contributed by atoms with Crippen LogP contribution in [-0.4, -0.2) is 35.4 Å². The number of piperidine rings is 1. The molecule has 0 bridgehead atoms. The summed E-state index contributed by atoms with van der Waals surface area (Å²) in [6.45, 7) is 2.09. The number of nitrogens with one attached hydrogen (secondary N) is 3. The van der Waals surface area contributed by atoms with Crippen LogP contribution in [0.1, 0.15) is 24.5 Å². The molecule has 1 aliphatic rings. The summed E-state index contributed by atoms with van der Waals surface area (Å²) in [6, 6.07) is 15.0. The van der Waals surface area contributed by atoms with Gasteiger partial charge >= 0.3 is 0 Å². The fourth-order valence-corrected chi connectivity index (χ4v) is 4.20. The molecule has 0 radical (unpaired) electrons. The largest absolute Gasteiger partial charge is 0.497 e. The van der Waals surface area contributed by atoms with E-state index in [4.69, 9.17) is 4.74 Å². The maximum atomic E-state index is 14.0. The highest BCUT2D eigenvalue weighted by atomic mass is 19.1. The van der Waals surface area contributed by atoms with Gasteiger partial charge in [-0.1, -0.05) is 12.1 Å². The van der Waals surface area contributed by atoms with Gasteiger partial charge in [0.2, 0.25) is 0 Å². The lowest BCUT2D eigenvalue weighted by molar-refractivity contribution is 0.411. The number of nitrogens with zero attached hydrogens (tertiary/aromatic N) is 1. The minimum absolute atomic E-state index is 0.314. The van der Waals surface area contributed by atoms with Gasteiger partial charge in [-0.3, -0.25) is 5.10 Å². The van der Waals surface area contributed by atoms with Crippen LogP contribution in [0.15, 0.2) is 48.5 Å². The number of aromatic amines is 2. The minimum Gasteiger partial charge on any atom is -0.497 e. The molecule has 148 valence electrons. The van der Waals surface area contributed by atoms with E-state index in [1.54, 1.807) is 7.11 Å². The average molecular weight is 390 g/mol. The Labute approximate surface area is 168 Å². The lowest BCUT2D eigenvalue weighted by atomic mass is 9.94. The fourth-order valence-electron chi connectivity index (χ4n) is 4.20. The van der Waals surface area contributed by atoms with E-state index in [0.717, 1.165) is 59.3 Å². The number of benzene rings is 2. The van der Waals surface area contributed by atoms with Crippen LogP contribution in [0.2, 0.25) is 0 Å². The van der Waals surface area contributed by atoms with Crippen molar-refractivity contribution in [3.63, 3.8) is 0 Å². The summed E-state index contributed by atoms with van der Waals surface area (Å²) in [5, 5.41) is 12.2. The van der Waals surface area contributed by atoms with Gasteiger partial charge in [0, 0.05) is 28.6 Å². The smallest absolute Gasteiger partial charge is 0.127 e. The van der Waals surface area contributed by atoms with Crippen molar-refractivity contribution in [3.8, 4) is 28.3 Å². The van der Waals surface area contributed by atoms with Gasteiger partial charge in [0.25, 0.3) is 0 Å². The van der Waals surface area contributed by atoms with Crippen LogP contribution >= 0.6 is 0 Å². The van der Waals surface area contributed by atoms with Crippen LogP contribution in [0.4, 0.5) is 4.39 Å². The first kappa shape index (κ1) is 17.9. The van der Waals surface area contributed by atoms with Crippen LogP contribution in [0, 0.1) is 5.82 Å². The molecule has 1 aliphatic heterocycles. The van der Waals surface area contributed by atoms with Gasteiger partial charge in [0.05, 0.1) is 12.8 Å². The van der Waals surface area contributed by atoms with Crippen LogP contribution in [0.5, 0.6) is 5.75 Å². The number of rotatable bonds is 4. The molecule has 5 nitrogen and oxygen atoms in total. The van der Waals surface area contributed by atoms with E-state index in [1.165, 1.54) is 17.8 Å².